The number of piperidine rings is 1. The van der Waals surface area contributed by atoms with Crippen molar-refractivity contribution in [1.29, 1.82) is 0 Å². The first-order chi connectivity index (χ1) is 14.8. The first-order valence-corrected chi connectivity index (χ1v) is 10.7. The third kappa shape index (κ3) is 4.22. The van der Waals surface area contributed by atoms with E-state index in [2.05, 4.69) is 10.1 Å². The molecule has 2 aromatic carbocycles. The van der Waals surface area contributed by atoms with Gasteiger partial charge in [0, 0.05) is 25.4 Å². The number of hydrogen-bond acceptors (Lipinski definition) is 5. The van der Waals surface area contributed by atoms with E-state index in [-0.39, 0.29) is 5.91 Å². The van der Waals surface area contributed by atoms with E-state index < -0.39 is 0 Å². The molecule has 1 aromatic heterocycles. The van der Waals surface area contributed by atoms with Crippen LogP contribution in [0.5, 0.6) is 11.5 Å². The van der Waals surface area contributed by atoms with Gasteiger partial charge in [0.25, 0.3) is 5.91 Å². The summed E-state index contributed by atoms with van der Waals surface area (Å²) in [6, 6.07) is 17.0. The quantitative estimate of drug-likeness (QED) is 0.589. The van der Waals surface area contributed by atoms with Gasteiger partial charge in [0.05, 0.1) is 5.56 Å². The Morgan fingerprint density at radius 1 is 1.07 bits per heavy atom. The molecule has 2 fully saturated rings. The second-order valence-electron chi connectivity index (χ2n) is 8.20. The van der Waals surface area contributed by atoms with Gasteiger partial charge in [0.15, 0.2) is 5.82 Å². The summed E-state index contributed by atoms with van der Waals surface area (Å²) in [5, 5.41) is 4.11. The van der Waals surface area contributed by atoms with E-state index in [1.807, 2.05) is 59.5 Å². The van der Waals surface area contributed by atoms with Crippen LogP contribution in [0.25, 0.3) is 0 Å². The van der Waals surface area contributed by atoms with E-state index in [1.54, 1.807) is 0 Å². The molecule has 1 saturated carbocycles. The summed E-state index contributed by atoms with van der Waals surface area (Å²) in [5.74, 6) is 3.68. The minimum atomic E-state index is 0.00966. The van der Waals surface area contributed by atoms with Gasteiger partial charge in [-0.15, -0.1) is 0 Å². The number of amides is 1. The van der Waals surface area contributed by atoms with Gasteiger partial charge in [-0.1, -0.05) is 35.5 Å². The summed E-state index contributed by atoms with van der Waals surface area (Å²) < 4.78 is 11.4. The van der Waals surface area contributed by atoms with Gasteiger partial charge in [0.1, 0.15) is 11.5 Å². The Morgan fingerprint density at radius 3 is 2.70 bits per heavy atom. The average Bonchev–Trinajstić information content (AvgIpc) is 3.54. The van der Waals surface area contributed by atoms with E-state index in [9.17, 15) is 4.79 Å². The average molecular weight is 403 g/mol. The third-order valence-electron chi connectivity index (χ3n) is 5.78. The van der Waals surface area contributed by atoms with Crippen molar-refractivity contribution in [3.05, 3.63) is 71.9 Å². The van der Waals surface area contributed by atoms with Crippen molar-refractivity contribution in [3.63, 3.8) is 0 Å². The summed E-state index contributed by atoms with van der Waals surface area (Å²) in [7, 11) is 0. The van der Waals surface area contributed by atoms with Crippen molar-refractivity contribution in [2.45, 2.75) is 38.0 Å². The van der Waals surface area contributed by atoms with Crippen LogP contribution in [0, 0.1) is 5.92 Å². The van der Waals surface area contributed by atoms with Gasteiger partial charge in [-0.3, -0.25) is 4.79 Å². The Bertz CT molecular complexity index is 1010. The Balaban J connectivity index is 1.27. The molecule has 1 atom stereocenters. The van der Waals surface area contributed by atoms with Crippen molar-refractivity contribution < 1.29 is 14.1 Å². The van der Waals surface area contributed by atoms with Gasteiger partial charge < -0.3 is 14.2 Å². The molecule has 1 unspecified atom stereocenters. The molecule has 0 spiro atoms. The molecule has 0 radical (unpaired) electrons. The van der Waals surface area contributed by atoms with Crippen LogP contribution in [0.4, 0.5) is 0 Å². The summed E-state index contributed by atoms with van der Waals surface area (Å²) in [4.78, 5) is 19.8. The number of ether oxygens (including phenoxy) is 1. The number of para-hydroxylation sites is 2. The maximum Gasteiger partial charge on any atom is 0.257 e. The van der Waals surface area contributed by atoms with E-state index in [4.69, 9.17) is 9.26 Å². The minimum absolute atomic E-state index is 0.00966. The maximum absolute atomic E-state index is 13.3. The zero-order valence-electron chi connectivity index (χ0n) is 16.9. The molecule has 1 amide bonds. The van der Waals surface area contributed by atoms with Crippen molar-refractivity contribution in [2.24, 2.45) is 5.92 Å². The highest BCUT2D eigenvalue weighted by molar-refractivity contribution is 5.97. The fourth-order valence-corrected chi connectivity index (χ4v) is 4.04. The van der Waals surface area contributed by atoms with Gasteiger partial charge in [0.2, 0.25) is 5.89 Å². The molecule has 0 bridgehead atoms. The number of carbonyl (C=O) groups is 1. The van der Waals surface area contributed by atoms with Crippen molar-refractivity contribution in [1.82, 2.24) is 15.0 Å². The zero-order valence-corrected chi connectivity index (χ0v) is 16.9. The van der Waals surface area contributed by atoms with E-state index in [1.165, 1.54) is 0 Å². The summed E-state index contributed by atoms with van der Waals surface area (Å²) >= 11 is 0. The predicted octanol–water partition coefficient (Wildman–Crippen LogP) is 4.83. The van der Waals surface area contributed by atoms with E-state index >= 15 is 0 Å². The number of hydrogen-bond donors (Lipinski definition) is 0. The molecule has 1 aliphatic heterocycles. The molecule has 1 saturated heterocycles. The second-order valence-corrected chi connectivity index (χ2v) is 8.20. The first-order valence-electron chi connectivity index (χ1n) is 10.7. The lowest BCUT2D eigenvalue weighted by atomic mass is 9.94. The summed E-state index contributed by atoms with van der Waals surface area (Å²) in [6.45, 7) is 1.45. The van der Waals surface area contributed by atoms with Crippen LogP contribution >= 0.6 is 0 Å². The number of carbonyl (C=O) groups excluding carboxylic acids is 1. The Labute approximate surface area is 175 Å². The normalized spacial score (nSPS) is 18.9. The molecular weight excluding hydrogens is 378 g/mol. The van der Waals surface area contributed by atoms with E-state index in [0.29, 0.717) is 35.6 Å². The van der Waals surface area contributed by atoms with Gasteiger partial charge >= 0.3 is 0 Å². The standard InChI is InChI=1S/C24H25N3O3/c28-24(20-10-4-5-11-21(20)29-19-8-2-1-3-9-19)27-14-6-7-17(16-27)15-22-25-23(26-30-22)18-12-13-18/h1-5,8-11,17-18H,6-7,12-16H2. The van der Waals surface area contributed by atoms with Gasteiger partial charge in [-0.05, 0) is 55.9 Å². The van der Waals surface area contributed by atoms with E-state index in [0.717, 1.165) is 50.2 Å². The zero-order chi connectivity index (χ0) is 20.3. The lowest BCUT2D eigenvalue weighted by Crippen LogP contribution is -2.40. The Morgan fingerprint density at radius 2 is 1.87 bits per heavy atom. The number of nitrogens with zero attached hydrogens (tertiary/aromatic N) is 3. The number of rotatable bonds is 6. The summed E-state index contributed by atoms with van der Waals surface area (Å²) in [6.07, 6.45) is 5.09. The van der Waals surface area contributed by atoms with Crippen molar-refractivity contribution in [2.75, 3.05) is 13.1 Å². The molecule has 30 heavy (non-hydrogen) atoms. The monoisotopic (exact) mass is 403 g/mol. The fraction of sp³-hybridized carbons (Fsp3) is 0.375. The van der Waals surface area contributed by atoms with Crippen molar-refractivity contribution in [3.8, 4) is 11.5 Å². The maximum atomic E-state index is 13.3. The molecule has 6 heteroatoms. The SMILES string of the molecule is O=C(c1ccccc1Oc1ccccc1)N1CCCC(Cc2nc(C3CC3)no2)C1. The molecule has 154 valence electrons. The molecular formula is C24H25N3O3. The Hall–Kier alpha value is -3.15. The van der Waals surface area contributed by atoms with Crippen LogP contribution in [0.2, 0.25) is 0 Å². The van der Waals surface area contributed by atoms with Gasteiger partial charge in [-0.25, -0.2) is 0 Å². The van der Waals surface area contributed by atoms with Crippen molar-refractivity contribution >= 4 is 5.91 Å². The predicted molar refractivity (Wildman–Crippen MR) is 112 cm³/mol. The highest BCUT2D eigenvalue weighted by atomic mass is 16.5. The topological polar surface area (TPSA) is 68.5 Å². The molecule has 3 aromatic rings. The lowest BCUT2D eigenvalue weighted by molar-refractivity contribution is 0.0665. The van der Waals surface area contributed by atoms with Crippen LogP contribution in [-0.2, 0) is 6.42 Å². The van der Waals surface area contributed by atoms with Crippen LogP contribution in [0.3, 0.4) is 0 Å². The smallest absolute Gasteiger partial charge is 0.257 e. The lowest BCUT2D eigenvalue weighted by Gasteiger charge is -2.32. The number of aromatic nitrogens is 2. The number of likely N-dealkylation sites (tertiary alicyclic amines) is 1. The number of benzene rings is 2. The second kappa shape index (κ2) is 8.30. The van der Waals surface area contributed by atoms with Crippen LogP contribution in [-0.4, -0.2) is 34.0 Å². The Kier molecular flexibility index (Phi) is 5.22. The molecule has 6 nitrogen and oxygen atoms in total. The fourth-order valence-electron chi connectivity index (χ4n) is 4.04. The molecule has 2 heterocycles. The molecule has 5 rings (SSSR count). The molecule has 0 N–H and O–H groups in total. The van der Waals surface area contributed by atoms with Crippen LogP contribution in [0.1, 0.15) is 53.7 Å². The summed E-state index contributed by atoms with van der Waals surface area (Å²) in [5.41, 5.74) is 0.593. The van der Waals surface area contributed by atoms with Crippen LogP contribution in [0.15, 0.2) is 59.1 Å². The third-order valence-corrected chi connectivity index (χ3v) is 5.78. The first kappa shape index (κ1) is 18.9. The highest BCUT2D eigenvalue weighted by Crippen LogP contribution is 2.38. The molecule has 2 aliphatic rings. The highest BCUT2D eigenvalue weighted by Gasteiger charge is 2.31. The van der Waals surface area contributed by atoms with Crippen LogP contribution < -0.4 is 4.74 Å². The van der Waals surface area contributed by atoms with Gasteiger partial charge in [-0.2, -0.15) is 4.98 Å². The molecule has 1 aliphatic carbocycles. The largest absolute Gasteiger partial charge is 0.457 e. The minimum Gasteiger partial charge on any atom is -0.457 e.